The Labute approximate surface area is 146 Å². The van der Waals surface area contributed by atoms with E-state index in [4.69, 9.17) is 16.5 Å². The third-order valence-corrected chi connectivity index (χ3v) is 5.56. The lowest BCUT2D eigenvalue weighted by Gasteiger charge is -2.36. The molecule has 0 heterocycles. The minimum absolute atomic E-state index is 0.122. The van der Waals surface area contributed by atoms with Crippen molar-refractivity contribution in [1.29, 1.82) is 0 Å². The van der Waals surface area contributed by atoms with Gasteiger partial charge in [0.15, 0.2) is 0 Å². The topological polar surface area (TPSA) is 29.5 Å². The number of halogens is 1. The van der Waals surface area contributed by atoms with E-state index in [0.717, 1.165) is 12.0 Å². The number of hydrogen-bond acceptors (Lipinski definition) is 3. The van der Waals surface area contributed by atoms with Gasteiger partial charge in [-0.05, 0) is 48.4 Å². The van der Waals surface area contributed by atoms with Crippen LogP contribution < -0.4 is 0 Å². The van der Waals surface area contributed by atoms with Gasteiger partial charge < -0.3 is 4.74 Å². The monoisotopic (exact) mass is 341 g/mol. The van der Waals surface area contributed by atoms with Gasteiger partial charge in [0.1, 0.15) is 6.61 Å². The van der Waals surface area contributed by atoms with Crippen molar-refractivity contribution in [2.75, 3.05) is 13.7 Å². The van der Waals surface area contributed by atoms with Gasteiger partial charge in [0.05, 0.1) is 11.5 Å². The molecule has 0 aromatic carbocycles. The summed E-state index contributed by atoms with van der Waals surface area (Å²) in [6, 6.07) is -0.122. The Bertz CT molecular complexity index is 458. The van der Waals surface area contributed by atoms with E-state index in [1.165, 1.54) is 0 Å². The van der Waals surface area contributed by atoms with Gasteiger partial charge in [-0.3, -0.25) is 4.79 Å². The highest BCUT2D eigenvalue weighted by Crippen LogP contribution is 2.37. The fourth-order valence-corrected chi connectivity index (χ4v) is 3.11. The summed E-state index contributed by atoms with van der Waals surface area (Å²) in [6.07, 6.45) is 7.49. The van der Waals surface area contributed by atoms with Gasteiger partial charge in [0, 0.05) is 7.05 Å². The van der Waals surface area contributed by atoms with Gasteiger partial charge in [-0.1, -0.05) is 52.8 Å². The lowest BCUT2D eigenvalue weighted by atomic mass is 9.70. The summed E-state index contributed by atoms with van der Waals surface area (Å²) in [5.41, 5.74) is 0.629. The highest BCUT2D eigenvalue weighted by atomic mass is 35.5. The van der Waals surface area contributed by atoms with E-state index in [1.54, 1.807) is 11.5 Å². The van der Waals surface area contributed by atoms with E-state index in [-0.39, 0.29) is 30.5 Å². The first-order valence-corrected chi connectivity index (χ1v) is 8.88. The second-order valence-corrected chi connectivity index (χ2v) is 8.05. The molecule has 23 heavy (non-hydrogen) atoms. The number of esters is 1. The zero-order valence-electron chi connectivity index (χ0n) is 15.6. The summed E-state index contributed by atoms with van der Waals surface area (Å²) < 4.78 is 7.30. The average Bonchev–Trinajstić information content (AvgIpc) is 2.45. The van der Waals surface area contributed by atoms with Gasteiger partial charge in [-0.15, -0.1) is 0 Å². The lowest BCUT2D eigenvalue weighted by molar-refractivity contribution is -0.162. The second-order valence-electron chi connectivity index (χ2n) is 7.51. The average molecular weight is 342 g/mol. The third-order valence-electron chi connectivity index (χ3n) is 5.32. The number of carbonyl (C=O) groups excluding carboxylic acids is 1. The molecule has 0 saturated heterocycles. The maximum atomic E-state index is 12.7. The molecule has 0 fully saturated rings. The Morgan fingerprint density at radius 3 is 2.39 bits per heavy atom. The normalized spacial score (nSPS) is 20.1. The maximum Gasteiger partial charge on any atom is 0.312 e. The van der Waals surface area contributed by atoms with Gasteiger partial charge >= 0.3 is 5.97 Å². The Morgan fingerprint density at radius 1 is 1.39 bits per heavy atom. The molecular weight excluding hydrogens is 310 g/mol. The van der Waals surface area contributed by atoms with Crippen molar-refractivity contribution in [3.63, 3.8) is 0 Å². The molecule has 0 aromatic heterocycles. The molecule has 0 aromatic rings. The minimum atomic E-state index is -0.487. The molecule has 0 amide bonds. The van der Waals surface area contributed by atoms with E-state index in [2.05, 4.69) is 52.8 Å². The first-order valence-electron chi connectivity index (χ1n) is 8.54. The van der Waals surface area contributed by atoms with Gasteiger partial charge in [0.25, 0.3) is 0 Å². The Hall–Kier alpha value is -0.800. The Kier molecular flexibility index (Phi) is 7.34. The van der Waals surface area contributed by atoms with E-state index >= 15 is 0 Å². The Balaban J connectivity index is 2.84. The number of carbonyl (C=O) groups is 1. The second kappa shape index (κ2) is 8.34. The SMILES string of the molecule is CC1C=C([C@@H](COC(=O)C(C)(C(C)C)C(C)C)N(C)Cl)C=CC1. The van der Waals surface area contributed by atoms with Crippen molar-refractivity contribution in [2.24, 2.45) is 23.2 Å². The first-order chi connectivity index (χ1) is 10.6. The number of likely N-dealkylation sites (N-methyl/N-ethyl adjacent to an activating group) is 1. The van der Waals surface area contributed by atoms with Gasteiger partial charge in [-0.2, -0.15) is 0 Å². The van der Waals surface area contributed by atoms with Gasteiger partial charge in [0.2, 0.25) is 0 Å². The zero-order valence-corrected chi connectivity index (χ0v) is 16.4. The molecular formula is C19H32ClNO2. The summed E-state index contributed by atoms with van der Waals surface area (Å²) in [5, 5.41) is 0. The largest absolute Gasteiger partial charge is 0.463 e. The molecule has 2 atom stereocenters. The standard InChI is InChI=1S/C19H32ClNO2/c1-13(2)19(6,14(3)4)18(22)23-12-17(21(7)20)16-10-8-9-15(5)11-16/h8,10-11,13-15,17H,9,12H2,1-7H3/t15?,17-/m1/s1. The molecule has 132 valence electrons. The number of rotatable bonds is 7. The maximum absolute atomic E-state index is 12.7. The number of allylic oxidation sites excluding steroid dienone is 2. The van der Waals surface area contributed by atoms with Crippen molar-refractivity contribution in [3.05, 3.63) is 23.8 Å². The molecule has 0 saturated carbocycles. The molecule has 0 radical (unpaired) electrons. The molecule has 4 heteroatoms. The number of nitrogens with zero attached hydrogens (tertiary/aromatic N) is 1. The summed E-state index contributed by atoms with van der Waals surface area (Å²) in [7, 11) is 1.80. The zero-order chi connectivity index (χ0) is 17.8. The molecule has 0 bridgehead atoms. The van der Waals surface area contributed by atoms with Crippen LogP contribution in [0.1, 0.15) is 48.0 Å². The smallest absolute Gasteiger partial charge is 0.312 e. The van der Waals surface area contributed by atoms with E-state index < -0.39 is 5.41 Å². The summed E-state index contributed by atoms with van der Waals surface area (Å²) in [5.74, 6) is 0.785. The highest BCUT2D eigenvalue weighted by molar-refractivity contribution is 6.13. The van der Waals surface area contributed by atoms with Crippen molar-refractivity contribution < 1.29 is 9.53 Å². The fraction of sp³-hybridized carbons (Fsp3) is 0.737. The Morgan fingerprint density at radius 2 is 1.96 bits per heavy atom. The van der Waals surface area contributed by atoms with Crippen LogP contribution >= 0.6 is 11.8 Å². The third kappa shape index (κ3) is 4.84. The van der Waals surface area contributed by atoms with Crippen LogP contribution in [-0.4, -0.2) is 30.1 Å². The van der Waals surface area contributed by atoms with E-state index in [9.17, 15) is 4.79 Å². The van der Waals surface area contributed by atoms with Crippen LogP contribution in [0.25, 0.3) is 0 Å². The molecule has 3 nitrogen and oxygen atoms in total. The van der Waals surface area contributed by atoms with Crippen LogP contribution in [-0.2, 0) is 9.53 Å². The summed E-state index contributed by atoms with van der Waals surface area (Å²) >= 11 is 6.21. The van der Waals surface area contributed by atoms with Crippen LogP contribution in [0.5, 0.6) is 0 Å². The van der Waals surface area contributed by atoms with Crippen LogP contribution in [0.2, 0.25) is 0 Å². The van der Waals surface area contributed by atoms with Crippen molar-refractivity contribution in [3.8, 4) is 0 Å². The van der Waals surface area contributed by atoms with Crippen molar-refractivity contribution in [1.82, 2.24) is 4.42 Å². The molecule has 1 rings (SSSR count). The van der Waals surface area contributed by atoms with E-state index in [1.807, 2.05) is 6.92 Å². The van der Waals surface area contributed by atoms with Crippen LogP contribution in [0, 0.1) is 23.2 Å². The molecule has 0 N–H and O–H groups in total. The first kappa shape index (κ1) is 20.2. The van der Waals surface area contributed by atoms with Gasteiger partial charge in [-0.25, -0.2) is 4.42 Å². The molecule has 1 unspecified atom stereocenters. The lowest BCUT2D eigenvalue weighted by Crippen LogP contribution is -2.42. The fourth-order valence-electron chi connectivity index (χ4n) is 2.95. The molecule has 1 aliphatic carbocycles. The predicted molar refractivity (Wildman–Crippen MR) is 97.2 cm³/mol. The number of ether oxygens (including phenoxy) is 1. The molecule has 0 aliphatic heterocycles. The summed E-state index contributed by atoms with van der Waals surface area (Å²) in [4.78, 5) is 12.7. The van der Waals surface area contributed by atoms with Crippen LogP contribution in [0.15, 0.2) is 23.8 Å². The quantitative estimate of drug-likeness (QED) is 0.491. The van der Waals surface area contributed by atoms with Crippen LogP contribution in [0.4, 0.5) is 0 Å². The van der Waals surface area contributed by atoms with Crippen molar-refractivity contribution >= 4 is 17.7 Å². The van der Waals surface area contributed by atoms with Crippen LogP contribution in [0.3, 0.4) is 0 Å². The van der Waals surface area contributed by atoms with Crippen molar-refractivity contribution in [2.45, 2.75) is 54.0 Å². The van der Waals surface area contributed by atoms with E-state index in [0.29, 0.717) is 5.92 Å². The predicted octanol–water partition coefficient (Wildman–Crippen LogP) is 4.82. The molecule has 1 aliphatic rings. The highest BCUT2D eigenvalue weighted by Gasteiger charge is 2.41. The number of hydrogen-bond donors (Lipinski definition) is 0. The molecule has 0 spiro atoms. The minimum Gasteiger partial charge on any atom is -0.463 e. The summed E-state index contributed by atoms with van der Waals surface area (Å²) in [6.45, 7) is 12.7.